The number of nitrogens with zero attached hydrogens (tertiary/aromatic N) is 1. The van der Waals surface area contributed by atoms with Gasteiger partial charge in [0.05, 0.1) is 16.3 Å². The lowest BCUT2D eigenvalue weighted by molar-refractivity contribution is 0.0694. The van der Waals surface area contributed by atoms with Crippen LogP contribution in [0, 0.1) is 17.8 Å². The summed E-state index contributed by atoms with van der Waals surface area (Å²) in [7, 11) is 0. The number of hydrogen-bond donors (Lipinski definition) is 1. The number of thiophene rings is 1. The summed E-state index contributed by atoms with van der Waals surface area (Å²) in [6.07, 6.45) is 7.60. The molecule has 112 valence electrons. The van der Waals surface area contributed by atoms with Crippen molar-refractivity contribution >= 4 is 17.2 Å². The number of hydrogen-bond acceptors (Lipinski definition) is 3. The summed E-state index contributed by atoms with van der Waals surface area (Å²) in [6, 6.07) is 4.32. The molecule has 2 aliphatic rings. The zero-order valence-electron chi connectivity index (χ0n) is 12.3. The van der Waals surface area contributed by atoms with Crippen molar-refractivity contribution in [2.24, 2.45) is 11.7 Å². The molecule has 1 aromatic heterocycles. The molecule has 1 saturated heterocycles. The fourth-order valence-electron chi connectivity index (χ4n) is 3.68. The van der Waals surface area contributed by atoms with Crippen molar-refractivity contribution in [3.8, 4) is 11.8 Å². The van der Waals surface area contributed by atoms with Crippen molar-refractivity contribution in [1.82, 2.24) is 4.90 Å². The molecule has 0 spiro atoms. The third kappa shape index (κ3) is 3.14. The SMILES string of the molecule is NCC#Cc1ccc(C(=O)N2CCCC2C2CCCC2)s1. The van der Waals surface area contributed by atoms with Crippen LogP contribution in [0.4, 0.5) is 0 Å². The number of carbonyl (C=O) groups excluding carboxylic acids is 1. The highest BCUT2D eigenvalue weighted by atomic mass is 32.1. The van der Waals surface area contributed by atoms with E-state index in [0.29, 0.717) is 12.6 Å². The normalized spacial score (nSPS) is 22.3. The first-order valence-electron chi connectivity index (χ1n) is 7.89. The molecule has 1 aliphatic carbocycles. The van der Waals surface area contributed by atoms with E-state index in [9.17, 15) is 4.79 Å². The van der Waals surface area contributed by atoms with E-state index in [1.807, 2.05) is 12.1 Å². The molecule has 1 atom stereocenters. The van der Waals surface area contributed by atoms with E-state index in [2.05, 4.69) is 16.7 Å². The molecule has 0 aromatic carbocycles. The maximum absolute atomic E-state index is 12.8. The van der Waals surface area contributed by atoms with Crippen LogP contribution in [0.1, 0.15) is 53.1 Å². The molecule has 2 heterocycles. The van der Waals surface area contributed by atoms with Crippen molar-refractivity contribution in [3.05, 3.63) is 21.9 Å². The first kappa shape index (κ1) is 14.6. The van der Waals surface area contributed by atoms with Crippen LogP contribution in [0.25, 0.3) is 0 Å². The average Bonchev–Trinajstić information content (AvgIpc) is 3.23. The smallest absolute Gasteiger partial charge is 0.264 e. The monoisotopic (exact) mass is 302 g/mol. The van der Waals surface area contributed by atoms with E-state index in [4.69, 9.17) is 5.73 Å². The zero-order chi connectivity index (χ0) is 14.7. The summed E-state index contributed by atoms with van der Waals surface area (Å²) >= 11 is 1.49. The van der Waals surface area contributed by atoms with Gasteiger partial charge in [-0.25, -0.2) is 0 Å². The number of nitrogens with two attached hydrogens (primary N) is 1. The van der Waals surface area contributed by atoms with Gasteiger partial charge in [0, 0.05) is 12.6 Å². The first-order chi connectivity index (χ1) is 10.3. The maximum Gasteiger partial charge on any atom is 0.264 e. The molecule has 2 fully saturated rings. The van der Waals surface area contributed by atoms with Crippen LogP contribution < -0.4 is 5.73 Å². The molecule has 3 nitrogen and oxygen atoms in total. The lowest BCUT2D eigenvalue weighted by atomic mass is 9.96. The molecule has 21 heavy (non-hydrogen) atoms. The lowest BCUT2D eigenvalue weighted by Gasteiger charge is -2.29. The zero-order valence-corrected chi connectivity index (χ0v) is 13.1. The molecular weight excluding hydrogens is 280 g/mol. The minimum atomic E-state index is 0.204. The summed E-state index contributed by atoms with van der Waals surface area (Å²) in [5.74, 6) is 6.79. The molecule has 3 rings (SSSR count). The lowest BCUT2D eigenvalue weighted by Crippen LogP contribution is -2.39. The van der Waals surface area contributed by atoms with Gasteiger partial charge in [-0.3, -0.25) is 4.79 Å². The van der Waals surface area contributed by atoms with Crippen molar-refractivity contribution < 1.29 is 4.79 Å². The van der Waals surface area contributed by atoms with Gasteiger partial charge >= 0.3 is 0 Å². The van der Waals surface area contributed by atoms with Gasteiger partial charge in [0.1, 0.15) is 0 Å². The largest absolute Gasteiger partial charge is 0.335 e. The second-order valence-electron chi connectivity index (χ2n) is 5.92. The van der Waals surface area contributed by atoms with Gasteiger partial charge in [0.25, 0.3) is 5.91 Å². The average molecular weight is 302 g/mol. The summed E-state index contributed by atoms with van der Waals surface area (Å²) in [5.41, 5.74) is 5.39. The molecular formula is C17H22N2OS. The number of amides is 1. The topological polar surface area (TPSA) is 46.3 Å². The van der Waals surface area contributed by atoms with E-state index in [0.717, 1.165) is 28.6 Å². The number of rotatable bonds is 2. The fourth-order valence-corrected chi connectivity index (χ4v) is 4.51. The molecule has 2 N–H and O–H groups in total. The Kier molecular flexibility index (Phi) is 4.62. The summed E-state index contributed by atoms with van der Waals surface area (Å²) < 4.78 is 0. The van der Waals surface area contributed by atoms with Crippen molar-refractivity contribution in [3.63, 3.8) is 0 Å². The molecule has 1 unspecified atom stereocenters. The first-order valence-corrected chi connectivity index (χ1v) is 8.71. The third-order valence-corrected chi connectivity index (χ3v) is 5.62. The van der Waals surface area contributed by atoms with Crippen LogP contribution in [0.5, 0.6) is 0 Å². The van der Waals surface area contributed by atoms with Crippen LogP contribution >= 0.6 is 11.3 Å². The molecule has 1 aliphatic heterocycles. The minimum absolute atomic E-state index is 0.204. The Labute approximate surface area is 130 Å². The summed E-state index contributed by atoms with van der Waals surface area (Å²) in [6.45, 7) is 1.28. The van der Waals surface area contributed by atoms with Crippen molar-refractivity contribution in [2.45, 2.75) is 44.6 Å². The van der Waals surface area contributed by atoms with Crippen LogP contribution in [-0.4, -0.2) is 29.9 Å². The molecule has 0 bridgehead atoms. The van der Waals surface area contributed by atoms with Gasteiger partial charge in [0.2, 0.25) is 0 Å². The Balaban J connectivity index is 1.72. The Hall–Kier alpha value is -1.31. The molecule has 0 radical (unpaired) electrons. The summed E-state index contributed by atoms with van der Waals surface area (Å²) in [5, 5.41) is 0. The van der Waals surface area contributed by atoms with Gasteiger partial charge in [-0.05, 0) is 43.7 Å². The van der Waals surface area contributed by atoms with E-state index >= 15 is 0 Å². The van der Waals surface area contributed by atoms with Crippen LogP contribution in [0.15, 0.2) is 12.1 Å². The second kappa shape index (κ2) is 6.64. The fraction of sp³-hybridized carbons (Fsp3) is 0.588. The van der Waals surface area contributed by atoms with Crippen LogP contribution in [-0.2, 0) is 0 Å². The molecule has 1 aromatic rings. The number of likely N-dealkylation sites (tertiary alicyclic amines) is 1. The van der Waals surface area contributed by atoms with E-state index < -0.39 is 0 Å². The van der Waals surface area contributed by atoms with Gasteiger partial charge < -0.3 is 10.6 Å². The quantitative estimate of drug-likeness (QED) is 0.854. The predicted octanol–water partition coefficient (Wildman–Crippen LogP) is 2.85. The van der Waals surface area contributed by atoms with Gasteiger partial charge in [0.15, 0.2) is 0 Å². The molecule has 4 heteroatoms. The van der Waals surface area contributed by atoms with Crippen molar-refractivity contribution in [2.75, 3.05) is 13.1 Å². The van der Waals surface area contributed by atoms with Crippen molar-refractivity contribution in [1.29, 1.82) is 0 Å². The highest BCUT2D eigenvalue weighted by molar-refractivity contribution is 7.14. The van der Waals surface area contributed by atoms with Gasteiger partial charge in [-0.1, -0.05) is 24.7 Å². The third-order valence-electron chi connectivity index (χ3n) is 4.63. The Morgan fingerprint density at radius 2 is 2.10 bits per heavy atom. The Morgan fingerprint density at radius 3 is 2.86 bits per heavy atom. The Morgan fingerprint density at radius 1 is 1.29 bits per heavy atom. The van der Waals surface area contributed by atoms with Crippen LogP contribution in [0.2, 0.25) is 0 Å². The second-order valence-corrected chi connectivity index (χ2v) is 7.01. The van der Waals surface area contributed by atoms with E-state index in [-0.39, 0.29) is 5.91 Å². The molecule has 1 saturated carbocycles. The van der Waals surface area contributed by atoms with E-state index in [1.165, 1.54) is 43.4 Å². The molecule has 1 amide bonds. The highest BCUT2D eigenvalue weighted by Gasteiger charge is 2.36. The minimum Gasteiger partial charge on any atom is -0.335 e. The Bertz CT molecular complexity index is 563. The predicted molar refractivity (Wildman–Crippen MR) is 86.3 cm³/mol. The van der Waals surface area contributed by atoms with Gasteiger partial charge in [-0.15, -0.1) is 11.3 Å². The van der Waals surface area contributed by atoms with Gasteiger partial charge in [-0.2, -0.15) is 0 Å². The highest BCUT2D eigenvalue weighted by Crippen LogP contribution is 2.36. The number of carbonyl (C=O) groups is 1. The van der Waals surface area contributed by atoms with Crippen LogP contribution in [0.3, 0.4) is 0 Å². The summed E-state index contributed by atoms with van der Waals surface area (Å²) in [4.78, 5) is 16.6. The maximum atomic E-state index is 12.8. The van der Waals surface area contributed by atoms with E-state index in [1.54, 1.807) is 0 Å². The standard InChI is InChI=1S/C17H22N2OS/c18-11-3-7-14-9-10-16(21-14)17(20)19-12-4-8-15(19)13-5-1-2-6-13/h9-10,13,15H,1-2,4-6,8,11-12,18H2.